The van der Waals surface area contributed by atoms with Crippen LogP contribution in [0.5, 0.6) is 5.75 Å². The zero-order chi connectivity index (χ0) is 19.3. The summed E-state index contributed by atoms with van der Waals surface area (Å²) in [6.07, 6.45) is 0. The summed E-state index contributed by atoms with van der Waals surface area (Å²) in [5.41, 5.74) is 2.71. The maximum Gasteiger partial charge on any atom is 0.255 e. The van der Waals surface area contributed by atoms with Gasteiger partial charge in [-0.05, 0) is 24.6 Å². The number of nitriles is 1. The molecule has 0 aliphatic heterocycles. The third kappa shape index (κ3) is 4.12. The van der Waals surface area contributed by atoms with E-state index >= 15 is 0 Å². The minimum atomic E-state index is -0.413. The average molecular weight is 348 g/mol. The summed E-state index contributed by atoms with van der Waals surface area (Å²) >= 11 is 0. The molecule has 4 nitrogen and oxygen atoms in total. The summed E-state index contributed by atoms with van der Waals surface area (Å²) in [6, 6.07) is 17.0. The normalized spacial score (nSPS) is 12.0. The molecule has 1 N–H and O–H groups in total. The number of ether oxygens (including phenoxy) is 1. The molecule has 0 atom stereocenters. The highest BCUT2D eigenvalue weighted by Gasteiger charge is 2.25. The van der Waals surface area contributed by atoms with Crippen molar-refractivity contribution in [1.82, 2.24) is 5.32 Å². The van der Waals surface area contributed by atoms with E-state index in [2.05, 4.69) is 11.4 Å². The molecule has 26 heavy (non-hydrogen) atoms. The summed E-state index contributed by atoms with van der Waals surface area (Å²) in [5.74, 6) is 0.400. The van der Waals surface area contributed by atoms with E-state index in [1.54, 1.807) is 19.2 Å². The molecular weight excluding hydrogens is 324 g/mol. The monoisotopic (exact) mass is 348 g/mol. The van der Waals surface area contributed by atoms with Crippen LogP contribution in [0.3, 0.4) is 0 Å². The van der Waals surface area contributed by atoms with E-state index in [0.717, 1.165) is 11.1 Å². The van der Waals surface area contributed by atoms with Crippen molar-refractivity contribution in [3.8, 4) is 11.8 Å². The summed E-state index contributed by atoms with van der Waals surface area (Å²) in [4.78, 5) is 12.9. The molecule has 134 valence electrons. The lowest BCUT2D eigenvalue weighted by molar-refractivity contribution is 0.0957. The van der Waals surface area contributed by atoms with Gasteiger partial charge in [0.05, 0.1) is 12.7 Å². The third-order valence-corrected chi connectivity index (χ3v) is 4.16. The molecule has 0 saturated carbocycles. The van der Waals surface area contributed by atoms with Crippen molar-refractivity contribution >= 4 is 11.5 Å². The Kier molecular flexibility index (Phi) is 5.84. The maximum atomic E-state index is 12.9. The highest BCUT2D eigenvalue weighted by Crippen LogP contribution is 2.31. The quantitative estimate of drug-likeness (QED) is 0.814. The van der Waals surface area contributed by atoms with Crippen LogP contribution in [0, 0.1) is 23.7 Å². The molecule has 0 bridgehead atoms. The molecule has 1 amide bonds. The van der Waals surface area contributed by atoms with Crippen LogP contribution in [0.15, 0.2) is 54.2 Å². The standard InChI is InChI=1S/C22H24N2O2/c1-15-17(12-9-13-19(15)26-5)21(25)24-20(22(2,3)4)18(14-23)16-10-7-6-8-11-16/h6-13H,1-5H3,(H,24,25). The molecule has 0 fully saturated rings. The van der Waals surface area contributed by atoms with Gasteiger partial charge in [-0.2, -0.15) is 5.26 Å². The van der Waals surface area contributed by atoms with Crippen molar-refractivity contribution in [3.05, 3.63) is 70.9 Å². The van der Waals surface area contributed by atoms with E-state index in [-0.39, 0.29) is 5.91 Å². The lowest BCUT2D eigenvalue weighted by Gasteiger charge is -2.26. The van der Waals surface area contributed by atoms with Gasteiger partial charge in [0.1, 0.15) is 11.8 Å². The van der Waals surface area contributed by atoms with Crippen LogP contribution < -0.4 is 10.1 Å². The zero-order valence-corrected chi connectivity index (χ0v) is 15.9. The molecule has 0 radical (unpaired) electrons. The number of hydrogen-bond donors (Lipinski definition) is 1. The second-order valence-corrected chi connectivity index (χ2v) is 7.06. The first-order chi connectivity index (χ1) is 12.3. The molecule has 0 aliphatic carbocycles. The summed E-state index contributed by atoms with van der Waals surface area (Å²) in [7, 11) is 1.58. The number of nitrogens with one attached hydrogen (secondary N) is 1. The molecule has 2 aromatic rings. The molecule has 0 unspecified atom stereocenters. The number of allylic oxidation sites excluding steroid dienone is 2. The first-order valence-electron chi connectivity index (χ1n) is 8.44. The highest BCUT2D eigenvalue weighted by atomic mass is 16.5. The molecule has 0 heterocycles. The van der Waals surface area contributed by atoms with E-state index < -0.39 is 5.41 Å². The lowest BCUT2D eigenvalue weighted by atomic mass is 9.86. The summed E-state index contributed by atoms with van der Waals surface area (Å²) in [5, 5.41) is 12.7. The molecule has 2 aromatic carbocycles. The Hall–Kier alpha value is -3.06. The van der Waals surface area contributed by atoms with Crippen LogP contribution in [-0.4, -0.2) is 13.0 Å². The Balaban J connectivity index is 2.52. The number of nitrogens with zero attached hydrogens (tertiary/aromatic N) is 1. The van der Waals surface area contributed by atoms with Gasteiger partial charge >= 0.3 is 0 Å². The number of methoxy groups -OCH3 is 1. The van der Waals surface area contributed by atoms with Crippen LogP contribution in [0.4, 0.5) is 0 Å². The van der Waals surface area contributed by atoms with Gasteiger partial charge in [-0.25, -0.2) is 0 Å². The fourth-order valence-electron chi connectivity index (χ4n) is 2.76. The molecule has 2 rings (SSSR count). The van der Waals surface area contributed by atoms with E-state index in [1.807, 2.05) is 64.1 Å². The first-order valence-corrected chi connectivity index (χ1v) is 8.44. The topological polar surface area (TPSA) is 62.1 Å². The molecule has 4 heteroatoms. The van der Waals surface area contributed by atoms with Gasteiger partial charge in [0.2, 0.25) is 0 Å². The Morgan fingerprint density at radius 3 is 2.27 bits per heavy atom. The van der Waals surface area contributed by atoms with Gasteiger partial charge in [0, 0.05) is 22.2 Å². The van der Waals surface area contributed by atoms with Gasteiger partial charge in [0.25, 0.3) is 5.91 Å². The average Bonchev–Trinajstić information content (AvgIpc) is 2.61. The van der Waals surface area contributed by atoms with Crippen LogP contribution >= 0.6 is 0 Å². The van der Waals surface area contributed by atoms with Gasteiger partial charge in [-0.15, -0.1) is 0 Å². The Labute approximate surface area is 155 Å². The van der Waals surface area contributed by atoms with E-state index in [9.17, 15) is 10.1 Å². The summed E-state index contributed by atoms with van der Waals surface area (Å²) < 4.78 is 5.30. The molecule has 0 aromatic heterocycles. The van der Waals surface area contributed by atoms with E-state index in [1.165, 1.54) is 0 Å². The molecule has 0 spiro atoms. The van der Waals surface area contributed by atoms with Crippen molar-refractivity contribution in [2.45, 2.75) is 27.7 Å². The number of rotatable bonds is 4. The van der Waals surface area contributed by atoms with Crippen LogP contribution in [0.1, 0.15) is 42.3 Å². The van der Waals surface area contributed by atoms with Crippen molar-refractivity contribution in [3.63, 3.8) is 0 Å². The lowest BCUT2D eigenvalue weighted by Crippen LogP contribution is -2.31. The van der Waals surface area contributed by atoms with Gasteiger partial charge in [0.15, 0.2) is 0 Å². The first kappa shape index (κ1) is 19.3. The smallest absolute Gasteiger partial charge is 0.255 e. The third-order valence-electron chi connectivity index (χ3n) is 4.16. The van der Waals surface area contributed by atoms with Crippen LogP contribution in [0.2, 0.25) is 0 Å². The Morgan fingerprint density at radius 2 is 1.73 bits per heavy atom. The number of benzene rings is 2. The van der Waals surface area contributed by atoms with Gasteiger partial charge in [-0.3, -0.25) is 4.79 Å². The largest absolute Gasteiger partial charge is 0.496 e. The van der Waals surface area contributed by atoms with Crippen LogP contribution in [-0.2, 0) is 0 Å². The van der Waals surface area contributed by atoms with Crippen molar-refractivity contribution < 1.29 is 9.53 Å². The second-order valence-electron chi connectivity index (χ2n) is 7.06. The number of carbonyl (C=O) groups excluding carboxylic acids is 1. The number of carbonyl (C=O) groups is 1. The maximum absolute atomic E-state index is 12.9. The SMILES string of the molecule is COc1cccc(C(=O)NC(=C(C#N)c2ccccc2)C(C)(C)C)c1C. The van der Waals surface area contributed by atoms with Crippen molar-refractivity contribution in [2.75, 3.05) is 7.11 Å². The minimum Gasteiger partial charge on any atom is -0.496 e. The van der Waals surface area contributed by atoms with Gasteiger partial charge < -0.3 is 10.1 Å². The van der Waals surface area contributed by atoms with Gasteiger partial charge in [-0.1, -0.05) is 57.2 Å². The zero-order valence-electron chi connectivity index (χ0n) is 15.9. The fourth-order valence-corrected chi connectivity index (χ4v) is 2.76. The molecule has 0 saturated heterocycles. The van der Waals surface area contributed by atoms with E-state index in [0.29, 0.717) is 22.6 Å². The highest BCUT2D eigenvalue weighted by molar-refractivity contribution is 5.99. The number of amides is 1. The predicted molar refractivity (Wildman–Crippen MR) is 104 cm³/mol. The van der Waals surface area contributed by atoms with Crippen molar-refractivity contribution in [2.24, 2.45) is 5.41 Å². The predicted octanol–water partition coefficient (Wildman–Crippen LogP) is 4.71. The van der Waals surface area contributed by atoms with Crippen molar-refractivity contribution in [1.29, 1.82) is 5.26 Å². The molecular formula is C22H24N2O2. The minimum absolute atomic E-state index is 0.255. The fraction of sp³-hybridized carbons (Fsp3) is 0.273. The number of hydrogen-bond acceptors (Lipinski definition) is 3. The Bertz CT molecular complexity index is 869. The van der Waals surface area contributed by atoms with E-state index in [4.69, 9.17) is 4.74 Å². The second kappa shape index (κ2) is 7.88. The Morgan fingerprint density at radius 1 is 1.08 bits per heavy atom. The summed E-state index contributed by atoms with van der Waals surface area (Å²) in [6.45, 7) is 7.76. The van der Waals surface area contributed by atoms with Crippen LogP contribution in [0.25, 0.3) is 5.57 Å². The molecule has 0 aliphatic rings.